The third-order valence-corrected chi connectivity index (χ3v) is 4.35. The van der Waals surface area contributed by atoms with Crippen LogP contribution in [0.3, 0.4) is 0 Å². The highest BCUT2D eigenvalue weighted by Gasteiger charge is 2.12. The lowest BCUT2D eigenvalue weighted by Crippen LogP contribution is -2.06. The Labute approximate surface area is 134 Å². The van der Waals surface area contributed by atoms with Gasteiger partial charge in [-0.25, -0.2) is 14.8 Å². The van der Waals surface area contributed by atoms with Gasteiger partial charge in [0.05, 0.1) is 15.6 Å². The van der Waals surface area contributed by atoms with Crippen LogP contribution in [0.2, 0.25) is 0 Å². The molecule has 0 unspecified atom stereocenters. The minimum absolute atomic E-state index is 0.0166. The molecule has 0 aliphatic rings. The molecular formula is C17H10N2O3S. The van der Waals surface area contributed by atoms with Crippen molar-refractivity contribution in [3.63, 3.8) is 0 Å². The lowest BCUT2D eigenvalue weighted by atomic mass is 10.1. The van der Waals surface area contributed by atoms with E-state index in [0.717, 1.165) is 10.2 Å². The molecule has 2 aromatic heterocycles. The van der Waals surface area contributed by atoms with Gasteiger partial charge in [-0.1, -0.05) is 35.6 Å². The zero-order chi connectivity index (χ0) is 15.8. The van der Waals surface area contributed by atoms with E-state index in [4.69, 9.17) is 4.42 Å². The zero-order valence-electron chi connectivity index (χ0n) is 11.8. The van der Waals surface area contributed by atoms with Crippen molar-refractivity contribution >= 4 is 43.9 Å². The number of aromatic hydroxyl groups is 1. The molecule has 5 nitrogen and oxygen atoms in total. The number of benzene rings is 2. The first kappa shape index (κ1) is 13.7. The quantitative estimate of drug-likeness (QED) is 0.449. The number of nitrogens with zero attached hydrogens (tertiary/aromatic N) is 2. The molecule has 0 bridgehead atoms. The average Bonchev–Trinajstić information content (AvgIpc) is 2.97. The highest BCUT2D eigenvalue weighted by molar-refractivity contribution is 7.22. The number of aliphatic imine (C=N–C) groups is 1. The fourth-order valence-electron chi connectivity index (χ4n) is 2.30. The maximum Gasteiger partial charge on any atom is 0.348 e. The fourth-order valence-corrected chi connectivity index (χ4v) is 3.11. The first-order valence-electron chi connectivity index (χ1n) is 6.87. The Morgan fingerprint density at radius 1 is 1.13 bits per heavy atom. The summed E-state index contributed by atoms with van der Waals surface area (Å²) in [5.41, 5.74) is 0.570. The summed E-state index contributed by atoms with van der Waals surface area (Å²) in [6, 6.07) is 14.5. The summed E-state index contributed by atoms with van der Waals surface area (Å²) in [6.45, 7) is 0. The van der Waals surface area contributed by atoms with Gasteiger partial charge in [-0.05, 0) is 24.3 Å². The maximum absolute atomic E-state index is 12.0. The summed E-state index contributed by atoms with van der Waals surface area (Å²) in [5.74, 6) is -0.137. The lowest BCUT2D eigenvalue weighted by molar-refractivity contribution is 0.466. The topological polar surface area (TPSA) is 75.7 Å². The summed E-state index contributed by atoms with van der Waals surface area (Å²) in [5, 5.41) is 11.3. The molecule has 1 N–H and O–H groups in total. The van der Waals surface area contributed by atoms with E-state index in [2.05, 4.69) is 9.98 Å². The number of fused-ring (bicyclic) bond motifs is 2. The van der Waals surface area contributed by atoms with Crippen molar-refractivity contribution in [2.24, 2.45) is 4.99 Å². The van der Waals surface area contributed by atoms with Crippen molar-refractivity contribution in [1.29, 1.82) is 0 Å². The minimum atomic E-state index is -0.633. The summed E-state index contributed by atoms with van der Waals surface area (Å²) in [7, 11) is 0. The number of hydrogen-bond donors (Lipinski definition) is 1. The third-order valence-electron chi connectivity index (χ3n) is 3.41. The standard InChI is InChI=1S/C17H10N2O3S/c20-15-10-5-1-3-7-13(10)22-16(21)11(15)9-18-17-19-12-6-2-4-8-14(12)23-17/h1-9,20H. The van der Waals surface area contributed by atoms with E-state index in [-0.39, 0.29) is 11.3 Å². The van der Waals surface area contributed by atoms with E-state index in [1.54, 1.807) is 24.3 Å². The molecule has 2 aromatic carbocycles. The van der Waals surface area contributed by atoms with E-state index in [0.29, 0.717) is 16.1 Å². The van der Waals surface area contributed by atoms with Crippen LogP contribution < -0.4 is 5.63 Å². The molecule has 0 atom stereocenters. The molecule has 4 aromatic rings. The van der Waals surface area contributed by atoms with Crippen LogP contribution in [0.15, 0.2) is 62.7 Å². The van der Waals surface area contributed by atoms with Crippen LogP contribution in [0, 0.1) is 0 Å². The molecule has 112 valence electrons. The molecule has 2 heterocycles. The molecule has 0 fully saturated rings. The molecule has 0 saturated carbocycles. The Morgan fingerprint density at radius 2 is 1.91 bits per heavy atom. The van der Waals surface area contributed by atoms with Gasteiger partial charge in [0.25, 0.3) is 0 Å². The number of para-hydroxylation sites is 2. The SMILES string of the molecule is O=c1oc2ccccc2c(O)c1C=Nc1nc2ccccc2s1. The van der Waals surface area contributed by atoms with Crippen LogP contribution in [0.5, 0.6) is 5.75 Å². The number of hydrogen-bond acceptors (Lipinski definition) is 6. The van der Waals surface area contributed by atoms with Crippen LogP contribution in [0.4, 0.5) is 5.13 Å². The van der Waals surface area contributed by atoms with Crippen LogP contribution in [0.25, 0.3) is 21.2 Å². The molecule has 4 rings (SSSR count). The van der Waals surface area contributed by atoms with Crippen molar-refractivity contribution in [3.05, 3.63) is 64.5 Å². The third kappa shape index (κ3) is 2.39. The smallest absolute Gasteiger partial charge is 0.348 e. The van der Waals surface area contributed by atoms with Gasteiger partial charge in [0.1, 0.15) is 16.9 Å². The zero-order valence-corrected chi connectivity index (χ0v) is 12.6. The molecule has 23 heavy (non-hydrogen) atoms. The van der Waals surface area contributed by atoms with E-state index < -0.39 is 5.63 Å². The van der Waals surface area contributed by atoms with Gasteiger partial charge in [-0.2, -0.15) is 0 Å². The molecule has 6 heteroatoms. The second kappa shape index (κ2) is 5.33. The van der Waals surface area contributed by atoms with Gasteiger partial charge in [0.15, 0.2) is 0 Å². The Morgan fingerprint density at radius 3 is 2.78 bits per heavy atom. The van der Waals surface area contributed by atoms with Gasteiger partial charge in [0, 0.05) is 6.21 Å². The summed E-state index contributed by atoms with van der Waals surface area (Å²) in [4.78, 5) is 20.6. The first-order valence-corrected chi connectivity index (χ1v) is 7.68. The van der Waals surface area contributed by atoms with E-state index in [1.165, 1.54) is 17.6 Å². The lowest BCUT2D eigenvalue weighted by Gasteiger charge is -2.01. The van der Waals surface area contributed by atoms with Crippen molar-refractivity contribution in [2.75, 3.05) is 0 Å². The summed E-state index contributed by atoms with van der Waals surface area (Å²) < 4.78 is 6.21. The Bertz CT molecular complexity index is 1080. The van der Waals surface area contributed by atoms with Crippen molar-refractivity contribution in [2.45, 2.75) is 0 Å². The van der Waals surface area contributed by atoms with Crippen LogP contribution in [-0.4, -0.2) is 16.3 Å². The molecule has 0 aliphatic carbocycles. The molecule has 0 spiro atoms. The van der Waals surface area contributed by atoms with E-state index in [9.17, 15) is 9.90 Å². The molecule has 0 radical (unpaired) electrons. The van der Waals surface area contributed by atoms with Gasteiger partial charge in [-0.15, -0.1) is 0 Å². The van der Waals surface area contributed by atoms with Crippen molar-refractivity contribution in [3.8, 4) is 5.75 Å². The highest BCUT2D eigenvalue weighted by atomic mass is 32.1. The molecule has 0 saturated heterocycles. The van der Waals surface area contributed by atoms with Crippen molar-refractivity contribution < 1.29 is 9.52 Å². The second-order valence-electron chi connectivity index (χ2n) is 4.87. The van der Waals surface area contributed by atoms with Crippen LogP contribution in [0.1, 0.15) is 5.56 Å². The molecule has 0 aliphatic heterocycles. The largest absolute Gasteiger partial charge is 0.506 e. The maximum atomic E-state index is 12.0. The first-order chi connectivity index (χ1) is 11.2. The van der Waals surface area contributed by atoms with Gasteiger partial charge in [-0.3, -0.25) is 0 Å². The number of rotatable bonds is 2. The minimum Gasteiger partial charge on any atom is -0.506 e. The number of aromatic nitrogens is 1. The summed E-state index contributed by atoms with van der Waals surface area (Å²) >= 11 is 1.41. The normalized spacial score (nSPS) is 11.7. The Balaban J connectivity index is 1.81. The summed E-state index contributed by atoms with van der Waals surface area (Å²) in [6.07, 6.45) is 1.30. The van der Waals surface area contributed by atoms with Crippen LogP contribution >= 0.6 is 11.3 Å². The average molecular weight is 322 g/mol. The predicted molar refractivity (Wildman–Crippen MR) is 91.0 cm³/mol. The Kier molecular flexibility index (Phi) is 3.17. The van der Waals surface area contributed by atoms with Crippen LogP contribution in [-0.2, 0) is 0 Å². The highest BCUT2D eigenvalue weighted by Crippen LogP contribution is 2.29. The van der Waals surface area contributed by atoms with Gasteiger partial charge >= 0.3 is 5.63 Å². The number of thiazole rings is 1. The van der Waals surface area contributed by atoms with Gasteiger partial charge < -0.3 is 9.52 Å². The van der Waals surface area contributed by atoms with Crippen molar-refractivity contribution in [1.82, 2.24) is 4.98 Å². The molecular weight excluding hydrogens is 312 g/mol. The Hall–Kier alpha value is -2.99. The second-order valence-corrected chi connectivity index (χ2v) is 5.88. The van der Waals surface area contributed by atoms with E-state index in [1.807, 2.05) is 24.3 Å². The predicted octanol–water partition coefficient (Wildman–Crippen LogP) is 3.86. The van der Waals surface area contributed by atoms with E-state index >= 15 is 0 Å². The fraction of sp³-hybridized carbons (Fsp3) is 0. The molecule has 0 amide bonds. The van der Waals surface area contributed by atoms with Gasteiger partial charge in [0.2, 0.25) is 5.13 Å². The monoisotopic (exact) mass is 322 g/mol.